The molecule has 0 bridgehead atoms. The van der Waals surface area contributed by atoms with Crippen LogP contribution in [0.4, 0.5) is 21.9 Å². The lowest BCUT2D eigenvalue weighted by atomic mass is 10.1. The van der Waals surface area contributed by atoms with E-state index in [-0.39, 0.29) is 6.03 Å². The van der Waals surface area contributed by atoms with E-state index in [1.54, 1.807) is 11.8 Å². The average Bonchev–Trinajstić information content (AvgIpc) is 3.10. The van der Waals surface area contributed by atoms with Gasteiger partial charge in [-0.1, -0.05) is 18.2 Å². The number of benzene rings is 2. The van der Waals surface area contributed by atoms with Gasteiger partial charge in [0.05, 0.1) is 11.4 Å². The number of nitrogens with one attached hydrogen (secondary N) is 1. The second-order valence-corrected chi connectivity index (χ2v) is 7.13. The Kier molecular flexibility index (Phi) is 4.10. The predicted octanol–water partition coefficient (Wildman–Crippen LogP) is 4.43. The summed E-state index contributed by atoms with van der Waals surface area (Å²) in [5, 5.41) is 3.06. The van der Waals surface area contributed by atoms with E-state index in [0.29, 0.717) is 6.04 Å². The molecule has 2 amide bonds. The molecule has 4 nitrogen and oxygen atoms in total. The lowest BCUT2D eigenvalue weighted by Gasteiger charge is -2.40. The van der Waals surface area contributed by atoms with E-state index in [1.807, 2.05) is 47.6 Å². The molecular weight excluding hydrogens is 318 g/mol. The third kappa shape index (κ3) is 2.73. The Balaban J connectivity index is 1.61. The third-order valence-electron chi connectivity index (χ3n) is 4.82. The highest BCUT2D eigenvalue weighted by atomic mass is 32.2. The van der Waals surface area contributed by atoms with Crippen LogP contribution in [0.15, 0.2) is 53.4 Å². The summed E-state index contributed by atoms with van der Waals surface area (Å²) in [6.07, 6.45) is 4.39. The maximum absolute atomic E-state index is 12.9. The summed E-state index contributed by atoms with van der Waals surface area (Å²) in [6, 6.07) is 16.6. The fourth-order valence-electron chi connectivity index (χ4n) is 3.67. The zero-order valence-electron chi connectivity index (χ0n) is 13.7. The van der Waals surface area contributed by atoms with Gasteiger partial charge in [0.2, 0.25) is 0 Å². The van der Waals surface area contributed by atoms with Crippen LogP contribution in [0, 0.1) is 0 Å². The Morgan fingerprint density at radius 2 is 2.00 bits per heavy atom. The molecule has 0 aliphatic carbocycles. The quantitative estimate of drug-likeness (QED) is 0.822. The predicted molar refractivity (Wildman–Crippen MR) is 101 cm³/mol. The number of anilines is 3. The van der Waals surface area contributed by atoms with Gasteiger partial charge in [-0.15, -0.1) is 11.8 Å². The molecule has 5 heteroatoms. The first kappa shape index (κ1) is 15.4. The van der Waals surface area contributed by atoms with Crippen molar-refractivity contribution in [1.82, 2.24) is 0 Å². The van der Waals surface area contributed by atoms with E-state index in [9.17, 15) is 4.79 Å². The highest BCUT2D eigenvalue weighted by Gasteiger charge is 2.36. The lowest BCUT2D eigenvalue weighted by molar-refractivity contribution is 0.256. The molecule has 124 valence electrons. The van der Waals surface area contributed by atoms with Crippen LogP contribution in [0.25, 0.3) is 0 Å². The van der Waals surface area contributed by atoms with Crippen LogP contribution < -0.4 is 15.1 Å². The molecule has 1 atom stereocenters. The Labute approximate surface area is 146 Å². The smallest absolute Gasteiger partial charge is 0.326 e. The van der Waals surface area contributed by atoms with Gasteiger partial charge < -0.3 is 10.2 Å². The number of nitrogens with zero attached hydrogens (tertiary/aromatic N) is 2. The number of carbonyl (C=O) groups excluding carboxylic acids is 1. The molecule has 0 unspecified atom stereocenters. The summed E-state index contributed by atoms with van der Waals surface area (Å²) in [5.41, 5.74) is 3.03. The molecule has 0 spiro atoms. The van der Waals surface area contributed by atoms with Crippen LogP contribution in [-0.4, -0.2) is 31.4 Å². The number of rotatable bonds is 2. The molecule has 2 heterocycles. The Hall–Kier alpha value is -2.14. The van der Waals surface area contributed by atoms with E-state index >= 15 is 0 Å². The third-order valence-corrected chi connectivity index (χ3v) is 5.54. The molecule has 2 aromatic rings. The summed E-state index contributed by atoms with van der Waals surface area (Å²) >= 11 is 1.68. The molecule has 4 rings (SSSR count). The molecule has 1 saturated heterocycles. The van der Waals surface area contributed by atoms with E-state index in [1.165, 1.54) is 12.1 Å². The minimum absolute atomic E-state index is 0.0488. The van der Waals surface area contributed by atoms with Gasteiger partial charge in [0, 0.05) is 29.7 Å². The number of hydrogen-bond donors (Lipinski definition) is 1. The van der Waals surface area contributed by atoms with Crippen molar-refractivity contribution < 1.29 is 4.79 Å². The lowest BCUT2D eigenvalue weighted by Crippen LogP contribution is -2.49. The SMILES string of the molecule is CSc1cccc(NC(=O)N2C[C@H]3CCCN3c3ccccc32)c1. The highest BCUT2D eigenvalue weighted by molar-refractivity contribution is 7.98. The fraction of sp³-hybridized carbons (Fsp3) is 0.316. The van der Waals surface area contributed by atoms with Gasteiger partial charge in [-0.2, -0.15) is 0 Å². The minimum Gasteiger partial charge on any atom is -0.365 e. The Morgan fingerprint density at radius 3 is 2.83 bits per heavy atom. The van der Waals surface area contributed by atoms with E-state index in [4.69, 9.17) is 0 Å². The number of para-hydroxylation sites is 2. The number of hydrogen-bond acceptors (Lipinski definition) is 3. The van der Waals surface area contributed by atoms with E-state index < -0.39 is 0 Å². The second-order valence-electron chi connectivity index (χ2n) is 6.25. The fourth-order valence-corrected chi connectivity index (χ4v) is 4.13. The van der Waals surface area contributed by atoms with Gasteiger partial charge >= 0.3 is 6.03 Å². The van der Waals surface area contributed by atoms with Crippen molar-refractivity contribution in [2.24, 2.45) is 0 Å². The number of fused-ring (bicyclic) bond motifs is 3. The molecular formula is C19H21N3OS. The van der Waals surface area contributed by atoms with Crippen molar-refractivity contribution in [3.8, 4) is 0 Å². The molecule has 1 fully saturated rings. The van der Waals surface area contributed by atoms with Crippen molar-refractivity contribution >= 4 is 34.9 Å². The Bertz CT molecular complexity index is 764. The zero-order valence-corrected chi connectivity index (χ0v) is 14.6. The monoisotopic (exact) mass is 339 g/mol. The maximum atomic E-state index is 12.9. The number of thioether (sulfide) groups is 1. The first-order chi connectivity index (χ1) is 11.8. The van der Waals surface area contributed by atoms with Gasteiger partial charge in [0.1, 0.15) is 0 Å². The second kappa shape index (κ2) is 6.40. The number of amides is 2. The largest absolute Gasteiger partial charge is 0.365 e. The van der Waals surface area contributed by atoms with E-state index in [2.05, 4.69) is 22.3 Å². The highest BCUT2D eigenvalue weighted by Crippen LogP contribution is 2.39. The average molecular weight is 339 g/mol. The molecule has 0 saturated carbocycles. The summed E-state index contributed by atoms with van der Waals surface area (Å²) in [4.78, 5) is 18.4. The van der Waals surface area contributed by atoms with Crippen molar-refractivity contribution in [2.75, 3.05) is 34.5 Å². The van der Waals surface area contributed by atoms with Crippen molar-refractivity contribution in [3.63, 3.8) is 0 Å². The number of urea groups is 1. The summed E-state index contributed by atoms with van der Waals surface area (Å²) in [7, 11) is 0. The molecule has 0 aromatic heterocycles. The minimum atomic E-state index is -0.0488. The molecule has 2 aliphatic heterocycles. The molecule has 24 heavy (non-hydrogen) atoms. The summed E-state index contributed by atoms with van der Waals surface area (Å²) in [5.74, 6) is 0. The normalized spacial score (nSPS) is 19.0. The molecule has 1 N–H and O–H groups in total. The van der Waals surface area contributed by atoms with Crippen LogP contribution in [0.1, 0.15) is 12.8 Å². The van der Waals surface area contributed by atoms with Crippen LogP contribution in [0.5, 0.6) is 0 Å². The molecule has 2 aromatic carbocycles. The van der Waals surface area contributed by atoms with Crippen LogP contribution in [-0.2, 0) is 0 Å². The summed E-state index contributed by atoms with van der Waals surface area (Å²) < 4.78 is 0. The Morgan fingerprint density at radius 1 is 1.17 bits per heavy atom. The van der Waals surface area contributed by atoms with Gasteiger partial charge in [0.15, 0.2) is 0 Å². The van der Waals surface area contributed by atoms with Gasteiger partial charge in [-0.25, -0.2) is 4.79 Å². The van der Waals surface area contributed by atoms with Gasteiger partial charge in [-0.3, -0.25) is 4.90 Å². The number of carbonyl (C=O) groups is 1. The standard InChI is InChI=1S/C19H21N3OS/c1-24-16-8-4-6-14(12-16)20-19(23)22-13-15-7-5-11-21(15)17-9-2-3-10-18(17)22/h2-4,6,8-10,12,15H,5,7,11,13H2,1H3,(H,20,23)/t15-/m1/s1. The van der Waals surface area contributed by atoms with Crippen LogP contribution in [0.2, 0.25) is 0 Å². The van der Waals surface area contributed by atoms with Gasteiger partial charge in [0.25, 0.3) is 0 Å². The molecule has 2 aliphatic rings. The topological polar surface area (TPSA) is 35.6 Å². The van der Waals surface area contributed by atoms with E-state index in [0.717, 1.165) is 35.8 Å². The van der Waals surface area contributed by atoms with Crippen molar-refractivity contribution in [2.45, 2.75) is 23.8 Å². The first-order valence-electron chi connectivity index (χ1n) is 8.34. The molecule has 0 radical (unpaired) electrons. The van der Waals surface area contributed by atoms with Crippen molar-refractivity contribution in [1.29, 1.82) is 0 Å². The zero-order chi connectivity index (χ0) is 16.5. The van der Waals surface area contributed by atoms with Crippen LogP contribution >= 0.6 is 11.8 Å². The van der Waals surface area contributed by atoms with Crippen LogP contribution in [0.3, 0.4) is 0 Å². The van der Waals surface area contributed by atoms with Crippen molar-refractivity contribution in [3.05, 3.63) is 48.5 Å². The summed E-state index contributed by atoms with van der Waals surface area (Å²) in [6.45, 7) is 1.85. The maximum Gasteiger partial charge on any atom is 0.326 e. The van der Waals surface area contributed by atoms with Gasteiger partial charge in [-0.05, 0) is 49.4 Å². The first-order valence-corrected chi connectivity index (χ1v) is 9.57.